The molecule has 1 aromatic rings. The molecule has 1 saturated heterocycles. The van der Waals surface area contributed by atoms with E-state index < -0.39 is 44.3 Å². The van der Waals surface area contributed by atoms with Gasteiger partial charge in [0, 0.05) is 12.0 Å². The number of carbonyl (C=O) groups excluding carboxylic acids is 3. The number of hydrogen-bond donors (Lipinski definition) is 2. The summed E-state index contributed by atoms with van der Waals surface area (Å²) in [6.07, 6.45) is -1.10. The summed E-state index contributed by atoms with van der Waals surface area (Å²) >= 11 is 0. The van der Waals surface area contributed by atoms with E-state index in [1.807, 2.05) is 0 Å². The second kappa shape index (κ2) is 10.1. The van der Waals surface area contributed by atoms with Gasteiger partial charge in [-0.1, -0.05) is 32.0 Å². The van der Waals surface area contributed by atoms with Crippen LogP contribution in [0.25, 0.3) is 0 Å². The number of methoxy groups -OCH3 is 1. The van der Waals surface area contributed by atoms with E-state index in [4.69, 9.17) is 18.3 Å². The van der Waals surface area contributed by atoms with E-state index in [2.05, 4.69) is 10.1 Å². The third-order valence-corrected chi connectivity index (χ3v) is 5.42. The summed E-state index contributed by atoms with van der Waals surface area (Å²) in [5.41, 5.74) is -0.457. The fraction of sp³-hybridized carbons (Fsp3) is 0.500. The van der Waals surface area contributed by atoms with Crippen molar-refractivity contribution < 1.29 is 42.3 Å². The third-order valence-electron chi connectivity index (χ3n) is 4.06. The van der Waals surface area contributed by atoms with Crippen LogP contribution >= 0.6 is 8.17 Å². The molecule has 0 saturated carbocycles. The first-order valence-corrected chi connectivity index (χ1v) is 10.3. The smallest absolute Gasteiger partial charge is 0.469 e. The van der Waals surface area contributed by atoms with Gasteiger partial charge < -0.3 is 14.8 Å². The van der Waals surface area contributed by atoms with Crippen molar-refractivity contribution in [3.63, 3.8) is 0 Å². The Bertz CT molecular complexity index is 727. The van der Waals surface area contributed by atoms with Crippen LogP contribution in [0.1, 0.15) is 30.6 Å². The Morgan fingerprint density at radius 2 is 1.97 bits per heavy atom. The monoisotopic (exact) mass is 430 g/mol. The van der Waals surface area contributed by atoms with Crippen molar-refractivity contribution in [3.05, 3.63) is 35.9 Å². The Balaban J connectivity index is 1.89. The molecular formula is C18H25NO9P+. The van der Waals surface area contributed by atoms with Gasteiger partial charge in [-0.3, -0.25) is 9.59 Å². The molecule has 2 rings (SSSR count). The molecule has 0 radical (unpaired) electrons. The Hall–Kier alpha value is -2.10. The molecule has 0 aromatic heterocycles. The zero-order valence-corrected chi connectivity index (χ0v) is 17.3. The summed E-state index contributed by atoms with van der Waals surface area (Å²) in [7, 11) is -2.64. The highest BCUT2D eigenvalue weighted by Crippen LogP contribution is 2.63. The van der Waals surface area contributed by atoms with Gasteiger partial charge in [0.1, 0.15) is 6.61 Å². The average molecular weight is 430 g/mol. The number of benzene rings is 1. The first-order chi connectivity index (χ1) is 13.7. The topological polar surface area (TPSA) is 130 Å². The van der Waals surface area contributed by atoms with E-state index in [9.17, 15) is 19.3 Å². The largest absolute Gasteiger partial charge is 0.576 e. The summed E-state index contributed by atoms with van der Waals surface area (Å²) < 4.78 is 25.3. The number of amides is 1. The van der Waals surface area contributed by atoms with Gasteiger partial charge in [0.15, 0.2) is 6.10 Å². The Morgan fingerprint density at radius 1 is 1.28 bits per heavy atom. The quantitative estimate of drug-likeness (QED) is 0.359. The maximum Gasteiger partial charge on any atom is 0.576 e. The summed E-state index contributed by atoms with van der Waals surface area (Å²) in [6, 6.07) is 8.24. The van der Waals surface area contributed by atoms with Crippen molar-refractivity contribution in [2.24, 2.45) is 5.41 Å². The van der Waals surface area contributed by atoms with Crippen LogP contribution in [0.2, 0.25) is 0 Å². The predicted molar refractivity (Wildman–Crippen MR) is 101 cm³/mol. The Morgan fingerprint density at radius 3 is 2.62 bits per heavy atom. The second-order valence-corrected chi connectivity index (χ2v) is 8.54. The number of rotatable bonds is 8. The average Bonchev–Trinajstić information content (AvgIpc) is 2.70. The van der Waals surface area contributed by atoms with Crippen LogP contribution in [0.3, 0.4) is 0 Å². The van der Waals surface area contributed by atoms with Crippen molar-refractivity contribution in [3.8, 4) is 0 Å². The Labute approximate surface area is 169 Å². The SMILES string of the molecule is COC(=O)CCNC(=O)[C@@H]1O[P+](O)(OCOC(=O)c2ccccc2)OCC1(C)C. The standard InChI is InChI=1S/C18H24NO9P/c1-18(2)11-26-29(23,27-12-25-17(22)13-7-5-4-6-8-13)28-15(18)16(21)19-10-9-14(20)24-3/h4-8,15,23H,9-12H2,1-3H3/p+1/t15-,29?/m0/s1. The van der Waals surface area contributed by atoms with Gasteiger partial charge in [0.05, 0.1) is 19.1 Å². The van der Waals surface area contributed by atoms with Gasteiger partial charge >= 0.3 is 20.1 Å². The van der Waals surface area contributed by atoms with Gasteiger partial charge in [-0.15, -0.1) is 9.05 Å². The van der Waals surface area contributed by atoms with Crippen molar-refractivity contribution >= 4 is 26.0 Å². The number of ether oxygens (including phenoxy) is 2. The van der Waals surface area contributed by atoms with Gasteiger partial charge in [-0.25, -0.2) is 4.79 Å². The normalized spacial score (nSPS) is 23.1. The van der Waals surface area contributed by atoms with Crippen molar-refractivity contribution in [1.82, 2.24) is 5.32 Å². The molecule has 160 valence electrons. The summed E-state index contributed by atoms with van der Waals surface area (Å²) in [6.45, 7) is 2.84. The molecule has 0 aliphatic carbocycles. The second-order valence-electron chi connectivity index (χ2n) is 6.88. The minimum atomic E-state index is -3.89. The predicted octanol–water partition coefficient (Wildman–Crippen LogP) is 1.61. The highest BCUT2D eigenvalue weighted by molar-refractivity contribution is 7.55. The molecule has 2 N–H and O–H groups in total. The Kier molecular flexibility index (Phi) is 8.06. The minimum absolute atomic E-state index is 0.00274. The van der Waals surface area contributed by atoms with Gasteiger partial charge in [-0.2, -0.15) is 9.42 Å². The third kappa shape index (κ3) is 6.73. The molecule has 0 spiro atoms. The number of esters is 2. The zero-order valence-electron chi connectivity index (χ0n) is 16.5. The summed E-state index contributed by atoms with van der Waals surface area (Å²) in [5.74, 6) is -1.65. The molecule has 1 amide bonds. The molecular weight excluding hydrogens is 405 g/mol. The van der Waals surface area contributed by atoms with E-state index in [0.717, 1.165) is 0 Å². The molecule has 1 unspecified atom stereocenters. The molecule has 1 aliphatic rings. The molecule has 10 nitrogen and oxygen atoms in total. The van der Waals surface area contributed by atoms with Gasteiger partial charge in [0.2, 0.25) is 6.79 Å². The van der Waals surface area contributed by atoms with Gasteiger partial charge in [0.25, 0.3) is 5.91 Å². The maximum absolute atomic E-state index is 12.5. The van der Waals surface area contributed by atoms with Crippen molar-refractivity contribution in [2.75, 3.05) is 27.1 Å². The highest BCUT2D eigenvalue weighted by Gasteiger charge is 2.59. The molecule has 1 fully saturated rings. The van der Waals surface area contributed by atoms with E-state index >= 15 is 0 Å². The zero-order chi connectivity index (χ0) is 21.5. The first-order valence-electron chi connectivity index (χ1n) is 8.83. The minimum Gasteiger partial charge on any atom is -0.469 e. The first kappa shape index (κ1) is 23.2. The highest BCUT2D eigenvalue weighted by atomic mass is 31.2. The molecule has 0 bridgehead atoms. The van der Waals surface area contributed by atoms with Crippen molar-refractivity contribution in [2.45, 2.75) is 26.4 Å². The van der Waals surface area contributed by atoms with E-state index in [0.29, 0.717) is 5.56 Å². The summed E-state index contributed by atoms with van der Waals surface area (Å²) in [5, 5.41) is 2.55. The van der Waals surface area contributed by atoms with Crippen LogP contribution in [0.15, 0.2) is 30.3 Å². The van der Waals surface area contributed by atoms with Crippen LogP contribution in [-0.2, 0) is 32.6 Å². The van der Waals surface area contributed by atoms with Crippen LogP contribution < -0.4 is 5.32 Å². The van der Waals surface area contributed by atoms with E-state index in [1.165, 1.54) is 7.11 Å². The number of carbonyl (C=O) groups is 3. The van der Waals surface area contributed by atoms with Gasteiger partial charge in [-0.05, 0) is 12.1 Å². The molecule has 1 aliphatic heterocycles. The van der Waals surface area contributed by atoms with E-state index in [1.54, 1.807) is 44.2 Å². The lowest BCUT2D eigenvalue weighted by Crippen LogP contribution is -2.50. The van der Waals surface area contributed by atoms with Crippen LogP contribution in [0.4, 0.5) is 0 Å². The number of nitrogens with one attached hydrogen (secondary N) is 1. The molecule has 11 heteroatoms. The fourth-order valence-corrected chi connectivity index (χ4v) is 3.91. The molecule has 2 atom stereocenters. The van der Waals surface area contributed by atoms with Crippen molar-refractivity contribution in [1.29, 1.82) is 0 Å². The molecule has 1 heterocycles. The maximum atomic E-state index is 12.5. The molecule has 29 heavy (non-hydrogen) atoms. The lowest BCUT2D eigenvalue weighted by molar-refractivity contribution is -0.146. The fourth-order valence-electron chi connectivity index (χ4n) is 2.39. The van der Waals surface area contributed by atoms with Crippen LogP contribution in [-0.4, -0.2) is 55.9 Å². The number of hydrogen-bond acceptors (Lipinski definition) is 9. The molecule has 1 aromatic carbocycles. The van der Waals surface area contributed by atoms with Crippen LogP contribution in [0.5, 0.6) is 0 Å². The summed E-state index contributed by atoms with van der Waals surface area (Å²) in [4.78, 5) is 46.0. The van der Waals surface area contributed by atoms with Crippen LogP contribution in [0, 0.1) is 5.41 Å². The lowest BCUT2D eigenvalue weighted by Gasteiger charge is -2.36. The van der Waals surface area contributed by atoms with E-state index in [-0.39, 0.29) is 19.6 Å². The lowest BCUT2D eigenvalue weighted by atomic mass is 9.87.